The number of carbonyl (C=O) groups excluding carboxylic acids is 1. The summed E-state index contributed by atoms with van der Waals surface area (Å²) in [6.07, 6.45) is 4.21. The first-order valence-electron chi connectivity index (χ1n) is 7.27. The molecular weight excluding hydrogens is 248 g/mol. The van der Waals surface area contributed by atoms with Crippen molar-refractivity contribution < 1.29 is 9.90 Å². The Kier molecular flexibility index (Phi) is 14.2. The van der Waals surface area contributed by atoms with Crippen molar-refractivity contribution >= 4 is 5.78 Å². The van der Waals surface area contributed by atoms with E-state index in [9.17, 15) is 9.90 Å². The van der Waals surface area contributed by atoms with Crippen LogP contribution < -0.4 is 0 Å². The minimum Gasteiger partial charge on any atom is -0.380 e. The van der Waals surface area contributed by atoms with E-state index >= 15 is 0 Å². The molecule has 1 rings (SSSR count). The van der Waals surface area contributed by atoms with Crippen LogP contribution in [0.15, 0.2) is 54.1 Å². The summed E-state index contributed by atoms with van der Waals surface area (Å²) in [6.45, 7) is 11.7. The molecule has 1 aromatic carbocycles. The summed E-state index contributed by atoms with van der Waals surface area (Å²) in [5.74, 6) is -0.271. The Morgan fingerprint density at radius 3 is 1.95 bits per heavy atom. The molecule has 0 aromatic heterocycles. The van der Waals surface area contributed by atoms with Crippen molar-refractivity contribution in [3.8, 4) is 0 Å². The van der Waals surface area contributed by atoms with Gasteiger partial charge < -0.3 is 5.11 Å². The highest BCUT2D eigenvalue weighted by molar-refractivity contribution is 6.01. The average molecular weight is 276 g/mol. The van der Waals surface area contributed by atoms with Gasteiger partial charge in [-0.25, -0.2) is 0 Å². The van der Waals surface area contributed by atoms with Gasteiger partial charge >= 0.3 is 0 Å². The minimum absolute atomic E-state index is 0.271. The van der Waals surface area contributed by atoms with Gasteiger partial charge in [0, 0.05) is 5.56 Å². The number of allylic oxidation sites excluding steroid dienone is 2. The van der Waals surface area contributed by atoms with Crippen molar-refractivity contribution in [1.82, 2.24) is 0 Å². The third kappa shape index (κ3) is 7.05. The van der Waals surface area contributed by atoms with Crippen molar-refractivity contribution in [2.45, 2.75) is 47.6 Å². The Bertz CT molecular complexity index is 403. The molecule has 0 bridgehead atoms. The van der Waals surface area contributed by atoms with Crippen molar-refractivity contribution in [2.24, 2.45) is 0 Å². The molecule has 1 unspecified atom stereocenters. The monoisotopic (exact) mass is 276 g/mol. The minimum atomic E-state index is -1.08. The highest BCUT2D eigenvalue weighted by Gasteiger charge is 2.18. The van der Waals surface area contributed by atoms with E-state index in [1.165, 1.54) is 0 Å². The molecule has 0 aliphatic heterocycles. The molecule has 0 saturated carbocycles. The number of ketones is 1. The quantitative estimate of drug-likeness (QED) is 0.633. The number of aliphatic hydroxyl groups is 1. The number of Topliss-reactive ketones (excluding diaryl/α,β-unsaturated/α-hetero) is 1. The molecule has 20 heavy (non-hydrogen) atoms. The zero-order valence-electron chi connectivity index (χ0n) is 13.6. The second-order valence-electron chi connectivity index (χ2n) is 3.42. The van der Waals surface area contributed by atoms with Crippen LogP contribution in [0.1, 0.15) is 51.9 Å². The number of hydrogen-bond acceptors (Lipinski definition) is 2. The van der Waals surface area contributed by atoms with Gasteiger partial charge in [-0.1, -0.05) is 76.3 Å². The molecule has 0 amide bonds. The first-order valence-corrected chi connectivity index (χ1v) is 7.27. The van der Waals surface area contributed by atoms with Gasteiger partial charge in [-0.2, -0.15) is 0 Å². The summed E-state index contributed by atoms with van der Waals surface area (Å²) < 4.78 is 0. The molecule has 0 aliphatic carbocycles. The molecule has 0 spiro atoms. The lowest BCUT2D eigenvalue weighted by Crippen LogP contribution is -2.22. The lowest BCUT2D eigenvalue weighted by atomic mass is 9.99. The SMILES string of the molecule is C/C=C\C(=C/C)C(O)C(=O)c1ccccc1.CC.CC. The van der Waals surface area contributed by atoms with Crippen LogP contribution in [0.25, 0.3) is 0 Å². The average Bonchev–Trinajstić information content (AvgIpc) is 2.55. The highest BCUT2D eigenvalue weighted by atomic mass is 16.3. The van der Waals surface area contributed by atoms with Gasteiger partial charge in [-0.15, -0.1) is 0 Å². The third-order valence-electron chi connectivity index (χ3n) is 2.31. The topological polar surface area (TPSA) is 37.3 Å². The summed E-state index contributed by atoms with van der Waals surface area (Å²) in [4.78, 5) is 11.9. The Balaban J connectivity index is 0. The third-order valence-corrected chi connectivity index (χ3v) is 2.31. The smallest absolute Gasteiger partial charge is 0.195 e. The summed E-state index contributed by atoms with van der Waals surface area (Å²) >= 11 is 0. The van der Waals surface area contributed by atoms with Crippen LogP contribution in [-0.4, -0.2) is 17.0 Å². The van der Waals surface area contributed by atoms with Crippen LogP contribution in [0.2, 0.25) is 0 Å². The normalized spacial score (nSPS) is 11.8. The van der Waals surface area contributed by atoms with Crippen LogP contribution in [0, 0.1) is 0 Å². The fourth-order valence-electron chi connectivity index (χ4n) is 1.45. The maximum absolute atomic E-state index is 11.9. The van der Waals surface area contributed by atoms with Gasteiger partial charge in [0.25, 0.3) is 0 Å². The van der Waals surface area contributed by atoms with Gasteiger partial charge in [-0.3, -0.25) is 4.79 Å². The van der Waals surface area contributed by atoms with E-state index in [2.05, 4.69) is 0 Å². The van der Waals surface area contributed by atoms with Gasteiger partial charge in [0.1, 0.15) is 6.10 Å². The molecule has 0 saturated heterocycles. The number of rotatable bonds is 4. The molecular formula is C18H28O2. The Labute approximate surface area is 123 Å². The first kappa shape index (κ1) is 20.6. The van der Waals surface area contributed by atoms with Crippen LogP contribution in [-0.2, 0) is 0 Å². The van der Waals surface area contributed by atoms with E-state index in [4.69, 9.17) is 0 Å². The Morgan fingerprint density at radius 1 is 1.05 bits per heavy atom. The summed E-state index contributed by atoms with van der Waals surface area (Å²) in [7, 11) is 0. The number of aliphatic hydroxyl groups excluding tert-OH is 1. The lowest BCUT2D eigenvalue weighted by Gasteiger charge is -2.10. The summed E-state index contributed by atoms with van der Waals surface area (Å²) in [5.41, 5.74) is 1.15. The highest BCUT2D eigenvalue weighted by Crippen LogP contribution is 2.11. The molecule has 0 fully saturated rings. The van der Waals surface area contributed by atoms with E-state index in [1.54, 1.807) is 49.4 Å². The fourth-order valence-corrected chi connectivity index (χ4v) is 1.45. The largest absolute Gasteiger partial charge is 0.380 e. The lowest BCUT2D eigenvalue weighted by molar-refractivity contribution is 0.0809. The molecule has 2 heteroatoms. The molecule has 0 radical (unpaired) electrons. The summed E-state index contributed by atoms with van der Waals surface area (Å²) in [6, 6.07) is 8.81. The maximum atomic E-state index is 11.9. The molecule has 1 N–H and O–H groups in total. The van der Waals surface area contributed by atoms with E-state index in [1.807, 2.05) is 40.7 Å². The van der Waals surface area contributed by atoms with Crippen LogP contribution in [0.5, 0.6) is 0 Å². The van der Waals surface area contributed by atoms with Crippen LogP contribution in [0.4, 0.5) is 0 Å². The predicted octanol–water partition coefficient (Wildman–Crippen LogP) is 4.81. The van der Waals surface area contributed by atoms with Gasteiger partial charge in [0.05, 0.1) is 0 Å². The molecule has 0 heterocycles. The molecule has 2 nitrogen and oxygen atoms in total. The Hall–Kier alpha value is -1.67. The second-order valence-corrected chi connectivity index (χ2v) is 3.42. The van der Waals surface area contributed by atoms with Crippen molar-refractivity contribution in [3.05, 3.63) is 59.7 Å². The molecule has 1 aromatic rings. The van der Waals surface area contributed by atoms with Crippen molar-refractivity contribution in [2.75, 3.05) is 0 Å². The summed E-state index contributed by atoms with van der Waals surface area (Å²) in [5, 5.41) is 9.89. The zero-order chi connectivity index (χ0) is 16.0. The predicted molar refractivity (Wildman–Crippen MR) is 88.0 cm³/mol. The zero-order valence-corrected chi connectivity index (χ0v) is 13.6. The Morgan fingerprint density at radius 2 is 1.55 bits per heavy atom. The van der Waals surface area contributed by atoms with Gasteiger partial charge in [0.15, 0.2) is 5.78 Å². The van der Waals surface area contributed by atoms with Crippen LogP contribution in [0.3, 0.4) is 0 Å². The number of hydrogen-bond donors (Lipinski definition) is 1. The maximum Gasteiger partial charge on any atom is 0.195 e. The van der Waals surface area contributed by atoms with Gasteiger partial charge in [-0.05, 0) is 19.4 Å². The number of carbonyl (C=O) groups is 1. The van der Waals surface area contributed by atoms with E-state index < -0.39 is 6.10 Å². The molecule has 1 atom stereocenters. The van der Waals surface area contributed by atoms with Crippen molar-refractivity contribution in [1.29, 1.82) is 0 Å². The fraction of sp³-hybridized carbons (Fsp3) is 0.389. The van der Waals surface area contributed by atoms with Crippen LogP contribution >= 0.6 is 0 Å². The first-order chi connectivity index (χ1) is 9.70. The molecule has 0 aliphatic rings. The number of benzene rings is 1. The van der Waals surface area contributed by atoms with E-state index in [-0.39, 0.29) is 5.78 Å². The molecule has 112 valence electrons. The van der Waals surface area contributed by atoms with E-state index in [0.29, 0.717) is 11.1 Å². The van der Waals surface area contributed by atoms with Crippen molar-refractivity contribution in [3.63, 3.8) is 0 Å². The second kappa shape index (κ2) is 13.8. The van der Waals surface area contributed by atoms with E-state index in [0.717, 1.165) is 0 Å². The standard InChI is InChI=1S/C14H16O2.2C2H6/c1-3-8-11(4-2)13(15)14(16)12-9-6-5-7-10-12;2*1-2/h3-10,13,15H,1-2H3;2*1-2H3/b8-3-,11-4+;;. The van der Waals surface area contributed by atoms with Gasteiger partial charge in [0.2, 0.25) is 0 Å².